The van der Waals surface area contributed by atoms with Crippen molar-refractivity contribution >= 4 is 29.5 Å². The number of halogens is 3. The molecule has 8 nitrogen and oxygen atoms in total. The lowest BCUT2D eigenvalue weighted by Crippen LogP contribution is -2.29. The zero-order valence-corrected chi connectivity index (χ0v) is 18.9. The number of amides is 1. The van der Waals surface area contributed by atoms with Crippen LogP contribution in [0.4, 0.5) is 24.5 Å². The van der Waals surface area contributed by atoms with Gasteiger partial charge in [-0.2, -0.15) is 13.2 Å². The maximum Gasteiger partial charge on any atom is 0.471 e. The third-order valence-corrected chi connectivity index (χ3v) is 5.36. The highest BCUT2D eigenvalue weighted by atomic mass is 19.4. The van der Waals surface area contributed by atoms with E-state index in [4.69, 9.17) is 0 Å². The average molecular weight is 488 g/mol. The summed E-state index contributed by atoms with van der Waals surface area (Å²) in [6.45, 7) is 3.63. The number of hydrogen-bond donors (Lipinski definition) is 3. The molecule has 3 aromatic rings. The number of hydrogen-bond acceptors (Lipinski definition) is 4. The SMILES string of the molecule is CCc1ccccc1N=Cc1c(C(CC)C(=O)O)[nH]n(-c2ccc(NC(=O)C(F)(F)F)cc2)c1=O. The van der Waals surface area contributed by atoms with Gasteiger partial charge in [-0.3, -0.25) is 24.5 Å². The number of alkyl halides is 3. The van der Waals surface area contributed by atoms with E-state index in [-0.39, 0.29) is 29.1 Å². The summed E-state index contributed by atoms with van der Waals surface area (Å²) in [7, 11) is 0. The standard InChI is InChI=1S/C24H23F3N4O4/c1-3-14-7-5-6-8-19(14)28-13-18-20(17(4-2)22(33)34)30-31(21(18)32)16-11-9-15(10-12-16)29-23(35)24(25,26)27/h5-13,17,30H,3-4H2,1-2H3,(H,29,35)(H,33,34). The number of anilines is 1. The number of carbonyl (C=O) groups excluding carboxylic acids is 1. The van der Waals surface area contributed by atoms with Gasteiger partial charge in [-0.1, -0.05) is 32.0 Å². The third-order valence-electron chi connectivity index (χ3n) is 5.36. The molecule has 3 N–H and O–H groups in total. The molecule has 0 saturated heterocycles. The molecule has 35 heavy (non-hydrogen) atoms. The molecule has 1 amide bonds. The lowest BCUT2D eigenvalue weighted by Gasteiger charge is -2.10. The summed E-state index contributed by atoms with van der Waals surface area (Å²) in [4.78, 5) is 40.6. The fourth-order valence-corrected chi connectivity index (χ4v) is 3.51. The Labute approximate surface area is 198 Å². The summed E-state index contributed by atoms with van der Waals surface area (Å²) in [5, 5.41) is 14.2. The highest BCUT2D eigenvalue weighted by Crippen LogP contribution is 2.24. The molecule has 1 atom stereocenters. The summed E-state index contributed by atoms with van der Waals surface area (Å²) in [6, 6.07) is 12.4. The Balaban J connectivity index is 2.04. The van der Waals surface area contributed by atoms with Crippen LogP contribution in [0.15, 0.2) is 58.3 Å². The van der Waals surface area contributed by atoms with Crippen molar-refractivity contribution in [1.29, 1.82) is 0 Å². The number of nitrogens with zero attached hydrogens (tertiary/aromatic N) is 2. The number of carboxylic acids is 1. The van der Waals surface area contributed by atoms with Gasteiger partial charge in [-0.25, -0.2) is 4.68 Å². The van der Waals surface area contributed by atoms with E-state index in [2.05, 4.69) is 10.1 Å². The molecule has 0 saturated carbocycles. The van der Waals surface area contributed by atoms with E-state index in [0.29, 0.717) is 12.1 Å². The Bertz CT molecular complexity index is 1310. The molecule has 0 spiro atoms. The lowest BCUT2D eigenvalue weighted by atomic mass is 9.99. The molecule has 1 heterocycles. The Hall–Kier alpha value is -4.15. The predicted molar refractivity (Wildman–Crippen MR) is 125 cm³/mol. The minimum atomic E-state index is -5.04. The van der Waals surface area contributed by atoms with Crippen LogP contribution in [0.3, 0.4) is 0 Å². The summed E-state index contributed by atoms with van der Waals surface area (Å²) in [5.74, 6) is -4.27. The summed E-state index contributed by atoms with van der Waals surface area (Å²) in [5.41, 5.74) is 1.33. The van der Waals surface area contributed by atoms with Crippen LogP contribution in [0.25, 0.3) is 5.69 Å². The molecule has 11 heteroatoms. The second-order valence-electron chi connectivity index (χ2n) is 7.62. The van der Waals surface area contributed by atoms with Crippen LogP contribution >= 0.6 is 0 Å². The van der Waals surface area contributed by atoms with E-state index in [1.807, 2.05) is 19.1 Å². The summed E-state index contributed by atoms with van der Waals surface area (Å²) < 4.78 is 38.5. The maximum atomic E-state index is 13.2. The number of carbonyl (C=O) groups is 2. The molecule has 0 aliphatic carbocycles. The van der Waals surface area contributed by atoms with Crippen LogP contribution in [0.2, 0.25) is 0 Å². The van der Waals surface area contributed by atoms with Crippen LogP contribution in [0, 0.1) is 0 Å². The molecular weight excluding hydrogens is 465 g/mol. The van der Waals surface area contributed by atoms with Gasteiger partial charge in [0.2, 0.25) is 0 Å². The number of para-hydroxylation sites is 1. The van der Waals surface area contributed by atoms with Gasteiger partial charge in [0.05, 0.1) is 28.6 Å². The van der Waals surface area contributed by atoms with Gasteiger partial charge < -0.3 is 10.4 Å². The van der Waals surface area contributed by atoms with Crippen molar-refractivity contribution in [3.8, 4) is 5.69 Å². The molecule has 0 bridgehead atoms. The number of benzene rings is 2. The first-order valence-electron chi connectivity index (χ1n) is 10.7. The second-order valence-corrected chi connectivity index (χ2v) is 7.62. The molecule has 0 fully saturated rings. The van der Waals surface area contributed by atoms with Gasteiger partial charge in [-0.05, 0) is 48.7 Å². The first kappa shape index (κ1) is 25.5. The first-order chi connectivity index (χ1) is 16.6. The molecule has 184 valence electrons. The monoisotopic (exact) mass is 488 g/mol. The van der Waals surface area contributed by atoms with Crippen LogP contribution in [-0.2, 0) is 16.0 Å². The number of aliphatic imine (C=N–C) groups is 1. The van der Waals surface area contributed by atoms with E-state index in [1.54, 1.807) is 24.4 Å². The van der Waals surface area contributed by atoms with E-state index in [9.17, 15) is 32.7 Å². The fourth-order valence-electron chi connectivity index (χ4n) is 3.51. The van der Waals surface area contributed by atoms with Gasteiger partial charge in [0.25, 0.3) is 5.56 Å². The highest BCUT2D eigenvalue weighted by Gasteiger charge is 2.38. The highest BCUT2D eigenvalue weighted by molar-refractivity contribution is 5.95. The molecule has 1 aromatic heterocycles. The van der Waals surface area contributed by atoms with Crippen LogP contribution < -0.4 is 10.9 Å². The average Bonchev–Trinajstić information content (AvgIpc) is 3.13. The van der Waals surface area contributed by atoms with Crippen molar-refractivity contribution < 1.29 is 27.9 Å². The van der Waals surface area contributed by atoms with Gasteiger partial charge in [0, 0.05) is 11.9 Å². The van der Waals surface area contributed by atoms with Crippen LogP contribution in [0.5, 0.6) is 0 Å². The minimum Gasteiger partial charge on any atom is -0.481 e. The maximum absolute atomic E-state index is 13.2. The van der Waals surface area contributed by atoms with E-state index in [0.717, 1.165) is 10.2 Å². The Morgan fingerprint density at radius 1 is 1.14 bits per heavy atom. The van der Waals surface area contributed by atoms with Crippen molar-refractivity contribution in [2.24, 2.45) is 4.99 Å². The van der Waals surface area contributed by atoms with Crippen molar-refractivity contribution in [3.63, 3.8) is 0 Å². The Morgan fingerprint density at radius 3 is 2.37 bits per heavy atom. The Morgan fingerprint density at radius 2 is 1.80 bits per heavy atom. The molecule has 3 rings (SSSR count). The van der Waals surface area contributed by atoms with Gasteiger partial charge in [0.15, 0.2) is 0 Å². The molecule has 0 aliphatic heterocycles. The molecular formula is C24H23F3N4O4. The summed E-state index contributed by atoms with van der Waals surface area (Å²) in [6.07, 6.45) is -2.81. The minimum absolute atomic E-state index is 0.0552. The van der Waals surface area contributed by atoms with Gasteiger partial charge in [-0.15, -0.1) is 0 Å². The number of H-pyrrole nitrogens is 1. The van der Waals surface area contributed by atoms with Crippen molar-refractivity contribution in [2.75, 3.05) is 5.32 Å². The largest absolute Gasteiger partial charge is 0.481 e. The van der Waals surface area contributed by atoms with Gasteiger partial charge in [0.1, 0.15) is 0 Å². The smallest absolute Gasteiger partial charge is 0.471 e. The molecule has 1 unspecified atom stereocenters. The number of aromatic amines is 1. The summed E-state index contributed by atoms with van der Waals surface area (Å²) >= 11 is 0. The Kier molecular flexibility index (Phi) is 7.58. The topological polar surface area (TPSA) is 117 Å². The normalized spacial score (nSPS) is 12.6. The molecule has 2 aromatic carbocycles. The lowest BCUT2D eigenvalue weighted by molar-refractivity contribution is -0.167. The first-order valence-corrected chi connectivity index (χ1v) is 10.7. The number of rotatable bonds is 8. The quantitative estimate of drug-likeness (QED) is 0.403. The number of aromatic nitrogens is 2. The molecule has 0 radical (unpaired) electrons. The van der Waals surface area contributed by atoms with Crippen LogP contribution in [-0.4, -0.2) is 39.2 Å². The van der Waals surface area contributed by atoms with E-state index in [1.165, 1.54) is 30.5 Å². The van der Waals surface area contributed by atoms with Crippen molar-refractivity contribution in [3.05, 3.63) is 75.7 Å². The number of carboxylic acid groups (broad SMARTS) is 1. The third kappa shape index (κ3) is 5.68. The van der Waals surface area contributed by atoms with E-state index >= 15 is 0 Å². The number of aryl methyl sites for hydroxylation is 1. The second kappa shape index (κ2) is 10.4. The van der Waals surface area contributed by atoms with Crippen molar-refractivity contribution in [1.82, 2.24) is 9.78 Å². The van der Waals surface area contributed by atoms with Crippen molar-refractivity contribution in [2.45, 2.75) is 38.8 Å². The fraction of sp³-hybridized carbons (Fsp3) is 0.250. The predicted octanol–water partition coefficient (Wildman–Crippen LogP) is 4.56. The van der Waals surface area contributed by atoms with Crippen LogP contribution in [0.1, 0.15) is 43.0 Å². The molecule has 0 aliphatic rings. The van der Waals surface area contributed by atoms with Gasteiger partial charge >= 0.3 is 18.1 Å². The number of aliphatic carboxylic acids is 1. The zero-order valence-electron chi connectivity index (χ0n) is 18.9. The zero-order chi connectivity index (χ0) is 25.8. The van der Waals surface area contributed by atoms with E-state index < -0.39 is 29.5 Å². The number of nitrogens with one attached hydrogen (secondary N) is 2.